The Labute approximate surface area is 428 Å². The highest BCUT2D eigenvalue weighted by Gasteiger charge is 2.40. The predicted octanol–water partition coefficient (Wildman–Crippen LogP) is 5.75. The van der Waals surface area contributed by atoms with Gasteiger partial charge in [-0.3, -0.25) is 19.3 Å². The number of hydrogen-bond donors (Lipinski definition) is 4. The van der Waals surface area contributed by atoms with Crippen molar-refractivity contribution in [2.24, 2.45) is 0 Å². The molecule has 7 heterocycles. The van der Waals surface area contributed by atoms with Crippen LogP contribution in [-0.2, 0) is 17.6 Å². The van der Waals surface area contributed by atoms with Crippen LogP contribution < -0.4 is 22.1 Å². The van der Waals surface area contributed by atoms with E-state index in [-0.39, 0.29) is 41.7 Å². The minimum absolute atomic E-state index is 0.0517. The van der Waals surface area contributed by atoms with E-state index in [0.29, 0.717) is 113 Å². The molecule has 378 valence electrons. The second-order valence-corrected chi connectivity index (χ2v) is 18.7. The average molecular weight is 998 g/mol. The first kappa shape index (κ1) is 50.7. The van der Waals surface area contributed by atoms with E-state index in [0.717, 1.165) is 37.9 Å². The number of carbonyl (C=O) groups is 3. The summed E-state index contributed by atoms with van der Waals surface area (Å²) >= 11 is 0. The van der Waals surface area contributed by atoms with Crippen LogP contribution in [0.3, 0.4) is 0 Å². The summed E-state index contributed by atoms with van der Waals surface area (Å²) in [5.41, 5.74) is 18.3. The molecule has 18 heteroatoms. The van der Waals surface area contributed by atoms with Crippen molar-refractivity contribution in [1.82, 2.24) is 55.2 Å². The third-order valence-electron chi connectivity index (χ3n) is 13.9. The molecule has 3 aliphatic rings. The Bertz CT molecular complexity index is 3230. The summed E-state index contributed by atoms with van der Waals surface area (Å²) in [7, 11) is 2.10. The minimum Gasteiger partial charge on any atom is -0.384 e. The summed E-state index contributed by atoms with van der Waals surface area (Å²) in [5.74, 6) is 11.0. The number of rotatable bonds is 12. The van der Waals surface area contributed by atoms with E-state index in [2.05, 4.69) is 81.1 Å². The number of pyridine rings is 2. The number of likely N-dealkylation sites (tertiary alicyclic amines) is 3. The molecule has 9 rings (SSSR count). The van der Waals surface area contributed by atoms with Crippen molar-refractivity contribution in [3.8, 4) is 46.2 Å². The number of carbonyl (C=O) groups excluding carboxylic acids is 3. The lowest BCUT2D eigenvalue weighted by Gasteiger charge is -2.38. The molecule has 6 aromatic rings. The number of nitrogens with zero attached hydrogens (tertiary/aromatic N) is 9. The van der Waals surface area contributed by atoms with Crippen LogP contribution in [0.2, 0.25) is 0 Å². The van der Waals surface area contributed by atoms with Gasteiger partial charge in [0.05, 0.1) is 45.0 Å². The lowest BCUT2D eigenvalue weighted by molar-refractivity contribution is -0.127. The van der Waals surface area contributed by atoms with E-state index in [1.165, 1.54) is 36.9 Å². The first-order valence-corrected chi connectivity index (χ1v) is 25.0. The molecule has 2 aromatic carbocycles. The van der Waals surface area contributed by atoms with Crippen LogP contribution in [0.4, 0.5) is 20.4 Å². The number of nitrogens with one attached hydrogen (secondary N) is 2. The fourth-order valence-corrected chi connectivity index (χ4v) is 9.95. The number of nitrogen functional groups attached to an aromatic ring is 2. The van der Waals surface area contributed by atoms with Crippen LogP contribution in [0.25, 0.3) is 22.5 Å². The van der Waals surface area contributed by atoms with E-state index >= 15 is 8.78 Å². The maximum atomic E-state index is 16.2. The van der Waals surface area contributed by atoms with Gasteiger partial charge < -0.3 is 31.9 Å². The molecule has 3 fully saturated rings. The molecule has 74 heavy (non-hydrogen) atoms. The van der Waals surface area contributed by atoms with Crippen molar-refractivity contribution in [2.75, 3.05) is 57.8 Å². The normalized spacial score (nSPS) is 17.1. The van der Waals surface area contributed by atoms with Crippen LogP contribution in [0, 0.1) is 35.3 Å². The molecule has 0 aliphatic carbocycles. The maximum Gasteiger partial charge on any atom is 0.254 e. The molecule has 3 saturated heterocycles. The van der Waals surface area contributed by atoms with Crippen LogP contribution in [0.5, 0.6) is 0 Å². The zero-order valence-electron chi connectivity index (χ0n) is 41.6. The van der Waals surface area contributed by atoms with Crippen LogP contribution in [0.1, 0.15) is 112 Å². The highest BCUT2D eigenvalue weighted by molar-refractivity contribution is 5.96. The molecule has 16 nitrogen and oxygen atoms in total. The molecule has 0 spiro atoms. The number of piperidine rings is 1. The van der Waals surface area contributed by atoms with Gasteiger partial charge in [0.25, 0.3) is 11.8 Å². The predicted molar refractivity (Wildman–Crippen MR) is 277 cm³/mol. The van der Waals surface area contributed by atoms with Crippen molar-refractivity contribution in [3.05, 3.63) is 142 Å². The molecule has 0 radical (unpaired) electrons. The molecule has 2 atom stereocenters. The molecule has 3 aliphatic heterocycles. The fourth-order valence-electron chi connectivity index (χ4n) is 9.95. The van der Waals surface area contributed by atoms with E-state index in [1.807, 2.05) is 19.9 Å². The van der Waals surface area contributed by atoms with E-state index in [9.17, 15) is 14.4 Å². The van der Waals surface area contributed by atoms with Gasteiger partial charge in [-0.25, -0.2) is 38.7 Å². The van der Waals surface area contributed by atoms with Crippen molar-refractivity contribution in [1.29, 1.82) is 0 Å². The van der Waals surface area contributed by atoms with Crippen molar-refractivity contribution in [2.45, 2.75) is 76.9 Å². The van der Waals surface area contributed by atoms with E-state index in [1.54, 1.807) is 41.6 Å². The SMILES string of the molecule is CCc1ncnc(-c2ccc(C(=O)NCCN3CCCC3=O)c(F)c2)c1C#Cc1cnc(N)c(C2CC(NC(=O)c3ccc(-c4ncnc(CC)c4C#Cc4ccc(N)nc4)cc3F)CN2C2CCN(C)CC2)c1. The number of aromatic nitrogens is 6. The highest BCUT2D eigenvalue weighted by Crippen LogP contribution is 2.39. The lowest BCUT2D eigenvalue weighted by atomic mass is 9.98. The van der Waals surface area contributed by atoms with Crippen LogP contribution in [0.15, 0.2) is 79.6 Å². The number of benzene rings is 2. The third-order valence-corrected chi connectivity index (χ3v) is 13.9. The number of anilines is 2. The molecule has 4 aromatic heterocycles. The van der Waals surface area contributed by atoms with Crippen LogP contribution >= 0.6 is 0 Å². The number of halogens is 2. The topological polar surface area (TPSA) is 214 Å². The van der Waals surface area contributed by atoms with E-state index < -0.39 is 23.4 Å². The molecule has 0 saturated carbocycles. The maximum absolute atomic E-state index is 16.2. The van der Waals surface area contributed by atoms with Crippen LogP contribution in [-0.4, -0.2) is 121 Å². The summed E-state index contributed by atoms with van der Waals surface area (Å²) in [6, 6.07) is 13.7. The molecule has 6 N–H and O–H groups in total. The van der Waals surface area contributed by atoms with Gasteiger partial charge >= 0.3 is 0 Å². The van der Waals surface area contributed by atoms with Crippen molar-refractivity contribution < 1.29 is 23.2 Å². The summed E-state index contributed by atoms with van der Waals surface area (Å²) in [6.07, 6.45) is 10.7. The monoisotopic (exact) mass is 997 g/mol. The van der Waals surface area contributed by atoms with Gasteiger partial charge in [0, 0.05) is 90.9 Å². The Morgan fingerprint density at radius 3 is 1.95 bits per heavy atom. The zero-order valence-corrected chi connectivity index (χ0v) is 41.6. The second-order valence-electron chi connectivity index (χ2n) is 18.7. The minimum atomic E-state index is -0.724. The van der Waals surface area contributed by atoms with Gasteiger partial charge in [0.1, 0.15) is 35.9 Å². The Hall–Kier alpha value is -8.19. The Balaban J connectivity index is 0.944. The molecule has 2 unspecified atom stereocenters. The lowest BCUT2D eigenvalue weighted by Crippen LogP contribution is -2.45. The highest BCUT2D eigenvalue weighted by atomic mass is 19.1. The smallest absolute Gasteiger partial charge is 0.254 e. The summed E-state index contributed by atoms with van der Waals surface area (Å²) in [4.78, 5) is 71.9. The Morgan fingerprint density at radius 1 is 0.743 bits per heavy atom. The number of nitrogens with two attached hydrogens (primary N) is 2. The van der Waals surface area contributed by atoms with Gasteiger partial charge in [-0.15, -0.1) is 0 Å². The van der Waals surface area contributed by atoms with E-state index in [4.69, 9.17) is 11.5 Å². The van der Waals surface area contributed by atoms with Gasteiger partial charge in [-0.2, -0.15) is 0 Å². The van der Waals surface area contributed by atoms with Crippen molar-refractivity contribution >= 4 is 29.4 Å². The third kappa shape index (κ3) is 11.4. The van der Waals surface area contributed by atoms with Gasteiger partial charge in [-0.1, -0.05) is 49.7 Å². The van der Waals surface area contributed by atoms with Gasteiger partial charge in [-0.05, 0) is 101 Å². The summed E-state index contributed by atoms with van der Waals surface area (Å²) < 4.78 is 31.8. The first-order valence-electron chi connectivity index (χ1n) is 25.0. The second kappa shape index (κ2) is 22.7. The number of amides is 3. The first-order chi connectivity index (χ1) is 35.9. The molecule has 0 bridgehead atoms. The fraction of sp³-hybridized carbons (Fsp3) is 0.339. The largest absolute Gasteiger partial charge is 0.384 e. The molecular formula is C56H57F2N13O3. The average Bonchev–Trinajstić information content (AvgIpc) is 4.02. The number of aryl methyl sites for hydroxylation is 2. The quantitative estimate of drug-likeness (QED) is 0.108. The summed E-state index contributed by atoms with van der Waals surface area (Å²) in [6.45, 7) is 7.44. The Kier molecular flexibility index (Phi) is 15.6. The standard InChI is InChI=1S/C56H57F2N13O3/c1-4-47-42(13-8-34-10-17-50(59)62-29-34)52(66-32-64-47)37-12-16-41(46(58)27-37)56(74)68-38-28-49(71(31-38)39-18-22-69(3)23-19-39)44-25-35(30-63-54(44)60)9-14-43-48(5-2)65-33-67-53(43)36-11-15-40(45(57)26-36)55(73)61-20-24-70-21-6-7-51(70)72/h10-12,15-17,25-27,29-30,32-33,38-39,49H,4-7,18-24,28,31H2,1-3H3,(H2,59,62)(H2,60,63)(H,61,73)(H,68,74). The molecular weight excluding hydrogens is 941 g/mol. The van der Waals surface area contributed by atoms with Crippen molar-refractivity contribution in [3.63, 3.8) is 0 Å². The summed E-state index contributed by atoms with van der Waals surface area (Å²) in [5, 5.41) is 5.86. The van der Waals surface area contributed by atoms with Gasteiger partial charge in [0.15, 0.2) is 0 Å². The van der Waals surface area contributed by atoms with Gasteiger partial charge in [0.2, 0.25) is 5.91 Å². The zero-order chi connectivity index (χ0) is 51.9. The molecule has 3 amide bonds. The Morgan fingerprint density at radius 2 is 1.36 bits per heavy atom. The number of hydrogen-bond acceptors (Lipinski definition) is 13.